The molecule has 0 aliphatic heterocycles. The van der Waals surface area contributed by atoms with Crippen LogP contribution in [0.4, 0.5) is 0 Å². The first-order valence-electron chi connectivity index (χ1n) is 6.86. The van der Waals surface area contributed by atoms with E-state index in [1.807, 2.05) is 36.4 Å². The van der Waals surface area contributed by atoms with Gasteiger partial charge in [-0.15, -0.1) is 0 Å². The van der Waals surface area contributed by atoms with E-state index in [2.05, 4.69) is 10.3 Å². The van der Waals surface area contributed by atoms with Crippen LogP contribution in [0.25, 0.3) is 0 Å². The monoisotopic (exact) mass is 288 g/mol. The molecule has 0 bridgehead atoms. The summed E-state index contributed by atoms with van der Waals surface area (Å²) >= 11 is 6.13. The van der Waals surface area contributed by atoms with Gasteiger partial charge in [-0.3, -0.25) is 0 Å². The second-order valence-electron chi connectivity index (χ2n) is 5.00. The first-order valence-corrected chi connectivity index (χ1v) is 7.24. The van der Waals surface area contributed by atoms with Crippen molar-refractivity contribution >= 4 is 11.6 Å². The van der Waals surface area contributed by atoms with Crippen LogP contribution in [0.2, 0.25) is 5.02 Å². The predicted molar refractivity (Wildman–Crippen MR) is 79.9 cm³/mol. The Hall–Kier alpha value is -1.58. The highest BCUT2D eigenvalue weighted by Crippen LogP contribution is 2.22. The van der Waals surface area contributed by atoms with Crippen molar-refractivity contribution in [3.63, 3.8) is 0 Å². The number of hydrogen-bond donors (Lipinski definition) is 1. The summed E-state index contributed by atoms with van der Waals surface area (Å²) in [5, 5.41) is 4.20. The van der Waals surface area contributed by atoms with E-state index in [4.69, 9.17) is 16.3 Å². The van der Waals surface area contributed by atoms with Crippen LogP contribution in [0, 0.1) is 0 Å². The molecule has 1 N–H and O–H groups in total. The maximum atomic E-state index is 6.13. The largest absolute Gasteiger partial charge is 0.473 e. The number of hydrogen-bond acceptors (Lipinski definition) is 3. The van der Waals surface area contributed by atoms with Gasteiger partial charge in [0.1, 0.15) is 6.61 Å². The van der Waals surface area contributed by atoms with Crippen molar-refractivity contribution in [2.24, 2.45) is 0 Å². The Bertz CT molecular complexity index is 584. The van der Waals surface area contributed by atoms with Gasteiger partial charge in [-0.05, 0) is 25.0 Å². The maximum Gasteiger partial charge on any atom is 0.218 e. The van der Waals surface area contributed by atoms with Crippen molar-refractivity contribution in [3.05, 3.63) is 58.7 Å². The number of halogens is 1. The molecular weight excluding hydrogens is 272 g/mol. The zero-order valence-electron chi connectivity index (χ0n) is 11.2. The minimum absolute atomic E-state index is 0.438. The van der Waals surface area contributed by atoms with Crippen molar-refractivity contribution in [1.82, 2.24) is 10.3 Å². The van der Waals surface area contributed by atoms with Crippen LogP contribution < -0.4 is 10.1 Å². The Kier molecular flexibility index (Phi) is 4.19. The summed E-state index contributed by atoms with van der Waals surface area (Å²) in [5.74, 6) is 0.681. The van der Waals surface area contributed by atoms with Gasteiger partial charge < -0.3 is 10.1 Å². The van der Waals surface area contributed by atoms with Crippen molar-refractivity contribution in [1.29, 1.82) is 0 Å². The number of aromatic nitrogens is 1. The summed E-state index contributed by atoms with van der Waals surface area (Å²) in [6.07, 6.45) is 4.30. The van der Waals surface area contributed by atoms with Gasteiger partial charge in [0.05, 0.1) is 0 Å². The van der Waals surface area contributed by atoms with Gasteiger partial charge in [0, 0.05) is 34.9 Å². The van der Waals surface area contributed by atoms with E-state index in [-0.39, 0.29) is 0 Å². The van der Waals surface area contributed by atoms with Crippen molar-refractivity contribution < 1.29 is 4.74 Å². The summed E-state index contributed by atoms with van der Waals surface area (Å²) in [6.45, 7) is 1.24. The number of nitrogens with zero attached hydrogens (tertiary/aromatic N) is 1. The molecule has 1 heterocycles. The lowest BCUT2D eigenvalue weighted by Crippen LogP contribution is -2.16. The molecule has 0 saturated heterocycles. The van der Waals surface area contributed by atoms with Gasteiger partial charge in [-0.1, -0.05) is 35.9 Å². The van der Waals surface area contributed by atoms with Crippen LogP contribution >= 0.6 is 11.6 Å². The summed E-state index contributed by atoms with van der Waals surface area (Å²) in [5.41, 5.74) is 2.06. The molecule has 1 saturated carbocycles. The van der Waals surface area contributed by atoms with Gasteiger partial charge in [0.2, 0.25) is 5.88 Å². The highest BCUT2D eigenvalue weighted by molar-refractivity contribution is 6.31. The second-order valence-corrected chi connectivity index (χ2v) is 5.41. The number of nitrogens with one attached hydrogen (secondary N) is 1. The van der Waals surface area contributed by atoms with Gasteiger partial charge >= 0.3 is 0 Å². The quantitative estimate of drug-likeness (QED) is 0.882. The lowest BCUT2D eigenvalue weighted by Gasteiger charge is -2.11. The first kappa shape index (κ1) is 13.4. The fraction of sp³-hybridized carbons (Fsp3) is 0.312. The summed E-state index contributed by atoms with van der Waals surface area (Å²) < 4.78 is 5.82. The Morgan fingerprint density at radius 3 is 2.75 bits per heavy atom. The van der Waals surface area contributed by atoms with Gasteiger partial charge in [0.25, 0.3) is 0 Å². The molecule has 3 nitrogen and oxygen atoms in total. The molecule has 1 fully saturated rings. The van der Waals surface area contributed by atoms with Crippen LogP contribution in [0.1, 0.15) is 24.0 Å². The van der Waals surface area contributed by atoms with Crippen molar-refractivity contribution in [3.8, 4) is 5.88 Å². The lowest BCUT2D eigenvalue weighted by atomic mass is 10.2. The zero-order valence-corrected chi connectivity index (χ0v) is 11.9. The van der Waals surface area contributed by atoms with Crippen LogP contribution in [0.5, 0.6) is 5.88 Å². The minimum atomic E-state index is 0.438. The van der Waals surface area contributed by atoms with Gasteiger partial charge in [-0.25, -0.2) is 4.98 Å². The fourth-order valence-corrected chi connectivity index (χ4v) is 2.18. The fourth-order valence-electron chi connectivity index (χ4n) is 1.99. The number of pyridine rings is 1. The normalized spacial score (nSPS) is 14.2. The maximum absolute atomic E-state index is 6.13. The van der Waals surface area contributed by atoms with E-state index in [9.17, 15) is 0 Å². The SMILES string of the molecule is Clc1ccccc1COc1ncccc1CNC1CC1. The Morgan fingerprint density at radius 1 is 1.15 bits per heavy atom. The number of ether oxygens (including phenoxy) is 1. The summed E-state index contributed by atoms with van der Waals surface area (Å²) in [6, 6.07) is 12.4. The molecule has 1 aromatic carbocycles. The highest BCUT2D eigenvalue weighted by atomic mass is 35.5. The molecule has 0 amide bonds. The van der Waals surface area contributed by atoms with Crippen molar-refractivity contribution in [2.45, 2.75) is 32.0 Å². The topological polar surface area (TPSA) is 34.1 Å². The average Bonchev–Trinajstić information content (AvgIpc) is 3.29. The molecular formula is C16H17ClN2O. The molecule has 0 unspecified atom stereocenters. The number of benzene rings is 1. The average molecular weight is 289 g/mol. The molecule has 2 aromatic rings. The highest BCUT2D eigenvalue weighted by Gasteiger charge is 2.20. The van der Waals surface area contributed by atoms with E-state index in [0.29, 0.717) is 18.5 Å². The van der Waals surface area contributed by atoms with Gasteiger partial charge in [-0.2, -0.15) is 0 Å². The Morgan fingerprint density at radius 2 is 1.95 bits per heavy atom. The molecule has 0 atom stereocenters. The van der Waals surface area contributed by atoms with Crippen molar-refractivity contribution in [2.75, 3.05) is 0 Å². The van der Waals surface area contributed by atoms with E-state index in [1.54, 1.807) is 6.20 Å². The van der Waals surface area contributed by atoms with Crippen LogP contribution in [-0.2, 0) is 13.2 Å². The first-order chi connectivity index (χ1) is 9.83. The Balaban J connectivity index is 1.65. The van der Waals surface area contributed by atoms with Crippen LogP contribution in [0.15, 0.2) is 42.6 Å². The second kappa shape index (κ2) is 6.25. The molecule has 0 radical (unpaired) electrons. The molecule has 1 aliphatic carbocycles. The Labute approximate surface area is 123 Å². The van der Waals surface area contributed by atoms with E-state index in [0.717, 1.165) is 22.7 Å². The smallest absolute Gasteiger partial charge is 0.218 e. The zero-order chi connectivity index (χ0) is 13.8. The number of rotatable bonds is 6. The standard InChI is InChI=1S/C16H17ClN2O/c17-15-6-2-1-4-13(15)11-20-16-12(5-3-9-18-16)10-19-14-7-8-14/h1-6,9,14,19H,7-8,10-11H2. The molecule has 1 aromatic heterocycles. The third-order valence-electron chi connectivity index (χ3n) is 3.33. The molecule has 0 spiro atoms. The molecule has 1 aliphatic rings. The van der Waals surface area contributed by atoms with E-state index >= 15 is 0 Å². The molecule has 20 heavy (non-hydrogen) atoms. The third kappa shape index (κ3) is 3.50. The molecule has 4 heteroatoms. The molecule has 3 rings (SSSR count). The minimum Gasteiger partial charge on any atom is -0.473 e. The van der Waals surface area contributed by atoms with Crippen LogP contribution in [0.3, 0.4) is 0 Å². The lowest BCUT2D eigenvalue weighted by molar-refractivity contribution is 0.289. The van der Waals surface area contributed by atoms with E-state index < -0.39 is 0 Å². The molecule has 104 valence electrons. The van der Waals surface area contributed by atoms with Crippen LogP contribution in [-0.4, -0.2) is 11.0 Å². The predicted octanol–water partition coefficient (Wildman–Crippen LogP) is 3.57. The summed E-state index contributed by atoms with van der Waals surface area (Å²) in [4.78, 5) is 4.32. The van der Waals surface area contributed by atoms with E-state index in [1.165, 1.54) is 12.8 Å². The summed E-state index contributed by atoms with van der Waals surface area (Å²) in [7, 11) is 0. The van der Waals surface area contributed by atoms with Gasteiger partial charge in [0.15, 0.2) is 0 Å². The third-order valence-corrected chi connectivity index (χ3v) is 3.70.